The van der Waals surface area contributed by atoms with Gasteiger partial charge in [-0.05, 0) is 73.0 Å². The zero-order valence-corrected chi connectivity index (χ0v) is 20.1. The van der Waals surface area contributed by atoms with Crippen molar-refractivity contribution in [2.24, 2.45) is 0 Å². The molecule has 178 valence electrons. The first-order valence-electron chi connectivity index (χ1n) is 10.7. The summed E-state index contributed by atoms with van der Waals surface area (Å²) in [5.41, 5.74) is 2.27. The summed E-state index contributed by atoms with van der Waals surface area (Å²) in [4.78, 5) is 37.2. The smallest absolute Gasteiger partial charge is 0.293 e. The second-order valence-corrected chi connectivity index (χ2v) is 8.72. The summed E-state index contributed by atoms with van der Waals surface area (Å²) in [7, 11) is 1.52. The van der Waals surface area contributed by atoms with Crippen molar-refractivity contribution in [1.29, 1.82) is 0 Å². The summed E-state index contributed by atoms with van der Waals surface area (Å²) < 4.78 is 11.6. The summed E-state index contributed by atoms with van der Waals surface area (Å²) in [6.07, 6.45) is 4.59. The molecule has 0 aromatic heterocycles. The number of carbonyl (C=O) groups is 2. The third kappa shape index (κ3) is 5.48. The summed E-state index contributed by atoms with van der Waals surface area (Å²) >= 11 is 0.926. The Morgan fingerprint density at radius 2 is 1.94 bits per heavy atom. The molecule has 9 heteroatoms. The predicted octanol–water partition coefficient (Wildman–Crippen LogP) is 5.75. The largest absolute Gasteiger partial charge is 0.493 e. The van der Waals surface area contributed by atoms with Gasteiger partial charge in [0.25, 0.3) is 16.8 Å². The molecule has 1 heterocycles. The molecule has 0 aliphatic carbocycles. The molecule has 2 amide bonds. The van der Waals surface area contributed by atoms with Crippen LogP contribution in [0.15, 0.2) is 54.0 Å². The Bertz CT molecular complexity index is 1140. The van der Waals surface area contributed by atoms with Crippen LogP contribution in [0.3, 0.4) is 0 Å². The van der Waals surface area contributed by atoms with Crippen molar-refractivity contribution in [3.8, 4) is 11.5 Å². The van der Waals surface area contributed by atoms with Crippen LogP contribution in [0.5, 0.6) is 11.5 Å². The van der Waals surface area contributed by atoms with E-state index < -0.39 is 4.92 Å². The Labute approximate surface area is 202 Å². The minimum Gasteiger partial charge on any atom is -0.493 e. The van der Waals surface area contributed by atoms with Crippen molar-refractivity contribution in [3.05, 3.63) is 80.8 Å². The number of non-ortho nitro benzene ring substituents is 1. The van der Waals surface area contributed by atoms with Crippen molar-refractivity contribution in [2.75, 3.05) is 7.11 Å². The van der Waals surface area contributed by atoms with Crippen molar-refractivity contribution < 1.29 is 24.0 Å². The second-order valence-electron chi connectivity index (χ2n) is 7.73. The average molecular weight is 483 g/mol. The van der Waals surface area contributed by atoms with E-state index in [4.69, 9.17) is 9.47 Å². The Kier molecular flexibility index (Phi) is 8.12. The first kappa shape index (κ1) is 25.0. The summed E-state index contributed by atoms with van der Waals surface area (Å²) in [6.45, 7) is 7.77. The lowest BCUT2D eigenvalue weighted by Gasteiger charge is -2.19. The fourth-order valence-electron chi connectivity index (χ4n) is 3.45. The van der Waals surface area contributed by atoms with Crippen LogP contribution in [0.25, 0.3) is 6.08 Å². The van der Waals surface area contributed by atoms with Crippen LogP contribution in [-0.4, -0.2) is 34.1 Å². The molecule has 1 aliphatic rings. The minimum absolute atomic E-state index is 0.00998. The topological polar surface area (TPSA) is 99.0 Å². The van der Waals surface area contributed by atoms with E-state index in [0.717, 1.165) is 22.9 Å². The molecule has 2 aromatic rings. The minimum atomic E-state index is -0.452. The molecule has 1 atom stereocenters. The normalized spacial score (nSPS) is 15.5. The number of benzene rings is 2. The number of rotatable bonds is 10. The summed E-state index contributed by atoms with van der Waals surface area (Å²) in [5, 5.41) is 10.6. The van der Waals surface area contributed by atoms with Gasteiger partial charge in [0.2, 0.25) is 0 Å². The van der Waals surface area contributed by atoms with Gasteiger partial charge in [-0.3, -0.25) is 24.6 Å². The van der Waals surface area contributed by atoms with Gasteiger partial charge < -0.3 is 9.47 Å². The van der Waals surface area contributed by atoms with Crippen LogP contribution in [-0.2, 0) is 17.8 Å². The van der Waals surface area contributed by atoms with Crippen LogP contribution in [0.2, 0.25) is 0 Å². The van der Waals surface area contributed by atoms with E-state index in [-0.39, 0.29) is 29.5 Å². The van der Waals surface area contributed by atoms with Crippen LogP contribution in [0, 0.1) is 10.1 Å². The van der Waals surface area contributed by atoms with Crippen LogP contribution in [0.4, 0.5) is 10.5 Å². The van der Waals surface area contributed by atoms with Crippen molar-refractivity contribution in [1.82, 2.24) is 4.90 Å². The fraction of sp³-hybridized carbons (Fsp3) is 0.280. The number of carbonyl (C=O) groups excluding carboxylic acids is 2. The first-order chi connectivity index (χ1) is 16.3. The Balaban J connectivity index is 1.89. The number of nitro benzene ring substituents is 1. The van der Waals surface area contributed by atoms with Gasteiger partial charge in [0.1, 0.15) is 6.61 Å². The van der Waals surface area contributed by atoms with E-state index in [2.05, 4.69) is 6.58 Å². The lowest BCUT2D eigenvalue weighted by atomic mass is 10.0. The molecule has 0 bridgehead atoms. The number of methoxy groups -OCH3 is 1. The van der Waals surface area contributed by atoms with Gasteiger partial charge in [0.15, 0.2) is 11.5 Å². The fourth-order valence-corrected chi connectivity index (χ4v) is 4.38. The van der Waals surface area contributed by atoms with Crippen LogP contribution >= 0.6 is 11.8 Å². The maximum Gasteiger partial charge on any atom is 0.293 e. The third-order valence-electron chi connectivity index (χ3n) is 5.42. The molecule has 1 aliphatic heterocycles. The number of ether oxygens (including phenoxy) is 2. The van der Waals surface area contributed by atoms with Gasteiger partial charge in [-0.1, -0.05) is 13.0 Å². The zero-order valence-electron chi connectivity index (χ0n) is 19.3. The standard InChI is InChI=1S/C25H26N2O6S/c1-5-7-19-12-18(14-22-24(28)26(16(3)6-2)25(29)34-22)13-21(32-4)23(19)33-15-17-8-10-20(11-9-17)27(30)31/h5,8-14,16H,1,6-7,15H2,2-4H3/b22-14+/t16-/m0/s1. The van der Waals surface area contributed by atoms with Gasteiger partial charge in [-0.2, -0.15) is 0 Å². The van der Waals surface area contributed by atoms with Crippen molar-refractivity contribution in [3.63, 3.8) is 0 Å². The maximum atomic E-state index is 12.8. The number of nitrogens with zero attached hydrogens (tertiary/aromatic N) is 2. The SMILES string of the molecule is C=CCc1cc(/C=C2/SC(=O)N([C@@H](C)CC)C2=O)cc(OC)c1OCc1ccc([N+](=O)[O-])cc1. The number of hydrogen-bond donors (Lipinski definition) is 0. The molecule has 0 radical (unpaired) electrons. The Hall–Kier alpha value is -3.59. The maximum absolute atomic E-state index is 12.8. The highest BCUT2D eigenvalue weighted by atomic mass is 32.2. The molecule has 1 fully saturated rings. The molecular weight excluding hydrogens is 456 g/mol. The lowest BCUT2D eigenvalue weighted by Crippen LogP contribution is -2.36. The predicted molar refractivity (Wildman–Crippen MR) is 132 cm³/mol. The molecule has 3 rings (SSSR count). The molecule has 1 saturated heterocycles. The van der Waals surface area contributed by atoms with E-state index in [1.54, 1.807) is 30.4 Å². The lowest BCUT2D eigenvalue weighted by molar-refractivity contribution is -0.384. The third-order valence-corrected chi connectivity index (χ3v) is 6.31. The molecular formula is C25H26N2O6S. The van der Waals surface area contributed by atoms with Gasteiger partial charge in [0.05, 0.1) is 16.9 Å². The van der Waals surface area contributed by atoms with E-state index in [1.807, 2.05) is 19.9 Å². The molecule has 34 heavy (non-hydrogen) atoms. The number of imide groups is 1. The van der Waals surface area contributed by atoms with E-state index in [9.17, 15) is 19.7 Å². The summed E-state index contributed by atoms with van der Waals surface area (Å²) in [6, 6.07) is 9.58. The average Bonchev–Trinajstić information content (AvgIpc) is 3.10. The molecule has 0 unspecified atom stereocenters. The Morgan fingerprint density at radius 3 is 2.53 bits per heavy atom. The summed E-state index contributed by atoms with van der Waals surface area (Å²) in [5.74, 6) is 0.686. The second kappa shape index (κ2) is 11.0. The van der Waals surface area contributed by atoms with E-state index >= 15 is 0 Å². The molecule has 0 saturated carbocycles. The van der Waals surface area contributed by atoms with Gasteiger partial charge in [-0.15, -0.1) is 6.58 Å². The highest BCUT2D eigenvalue weighted by Gasteiger charge is 2.37. The van der Waals surface area contributed by atoms with Crippen LogP contribution in [0.1, 0.15) is 37.0 Å². The van der Waals surface area contributed by atoms with Crippen molar-refractivity contribution in [2.45, 2.75) is 39.3 Å². The Morgan fingerprint density at radius 1 is 1.24 bits per heavy atom. The van der Waals surface area contributed by atoms with Gasteiger partial charge in [0, 0.05) is 23.7 Å². The van der Waals surface area contributed by atoms with E-state index in [1.165, 1.54) is 24.1 Å². The first-order valence-corrected chi connectivity index (χ1v) is 11.6. The molecule has 0 N–H and O–H groups in total. The number of allylic oxidation sites excluding steroid dienone is 1. The molecule has 8 nitrogen and oxygen atoms in total. The number of hydrogen-bond acceptors (Lipinski definition) is 7. The molecule has 2 aromatic carbocycles. The van der Waals surface area contributed by atoms with Crippen molar-refractivity contribution >= 4 is 34.7 Å². The highest BCUT2D eigenvalue weighted by molar-refractivity contribution is 8.18. The van der Waals surface area contributed by atoms with E-state index in [0.29, 0.717) is 34.8 Å². The van der Waals surface area contributed by atoms with Gasteiger partial charge >= 0.3 is 0 Å². The van der Waals surface area contributed by atoms with Gasteiger partial charge in [-0.25, -0.2) is 0 Å². The monoisotopic (exact) mass is 482 g/mol. The number of nitro groups is 1. The highest BCUT2D eigenvalue weighted by Crippen LogP contribution is 2.38. The quantitative estimate of drug-likeness (QED) is 0.184. The zero-order chi connectivity index (χ0) is 24.8. The number of amides is 2. The molecule has 0 spiro atoms. The van der Waals surface area contributed by atoms with Crippen LogP contribution < -0.4 is 9.47 Å². The number of thioether (sulfide) groups is 1.